The minimum absolute atomic E-state index is 0.587. The molecule has 0 amide bonds. The van der Waals surface area contributed by atoms with Gasteiger partial charge < -0.3 is 10.1 Å². The average Bonchev–Trinajstić information content (AvgIpc) is 2.74. The summed E-state index contributed by atoms with van der Waals surface area (Å²) < 4.78 is 0. The molecular weight excluding hydrogens is 188 g/mol. The summed E-state index contributed by atoms with van der Waals surface area (Å²) in [4.78, 5) is 6.98. The SMILES string of the molecule is Cc1cccc(C(O)c2ncc[nH]2)c1C. The Morgan fingerprint density at radius 2 is 2.13 bits per heavy atom. The van der Waals surface area contributed by atoms with Gasteiger partial charge in [-0.1, -0.05) is 18.2 Å². The molecule has 3 heteroatoms. The van der Waals surface area contributed by atoms with Crippen molar-refractivity contribution in [2.24, 2.45) is 0 Å². The molecule has 1 aromatic carbocycles. The van der Waals surface area contributed by atoms with E-state index in [4.69, 9.17) is 0 Å². The van der Waals surface area contributed by atoms with Gasteiger partial charge in [-0.3, -0.25) is 0 Å². The lowest BCUT2D eigenvalue weighted by Gasteiger charge is -2.13. The number of aliphatic hydroxyl groups is 1. The van der Waals surface area contributed by atoms with Gasteiger partial charge in [-0.25, -0.2) is 4.98 Å². The highest BCUT2D eigenvalue weighted by Gasteiger charge is 2.15. The van der Waals surface area contributed by atoms with E-state index < -0.39 is 6.10 Å². The highest BCUT2D eigenvalue weighted by Crippen LogP contribution is 2.23. The van der Waals surface area contributed by atoms with Crippen molar-refractivity contribution < 1.29 is 5.11 Å². The molecule has 1 atom stereocenters. The van der Waals surface area contributed by atoms with Crippen molar-refractivity contribution in [3.63, 3.8) is 0 Å². The first-order valence-electron chi connectivity index (χ1n) is 4.93. The lowest BCUT2D eigenvalue weighted by molar-refractivity contribution is 0.210. The summed E-state index contributed by atoms with van der Waals surface area (Å²) in [5.41, 5.74) is 3.20. The molecule has 3 nitrogen and oxygen atoms in total. The van der Waals surface area contributed by atoms with E-state index in [9.17, 15) is 5.11 Å². The molecule has 1 aromatic heterocycles. The molecular formula is C12H14N2O. The van der Waals surface area contributed by atoms with Crippen LogP contribution in [0.15, 0.2) is 30.6 Å². The Hall–Kier alpha value is -1.61. The number of hydrogen-bond donors (Lipinski definition) is 2. The van der Waals surface area contributed by atoms with Crippen LogP contribution in [0.4, 0.5) is 0 Å². The molecule has 1 heterocycles. The number of aliphatic hydroxyl groups excluding tert-OH is 1. The quantitative estimate of drug-likeness (QED) is 0.783. The van der Waals surface area contributed by atoms with E-state index >= 15 is 0 Å². The van der Waals surface area contributed by atoms with Gasteiger partial charge in [-0.15, -0.1) is 0 Å². The van der Waals surface area contributed by atoms with Crippen LogP contribution in [0.3, 0.4) is 0 Å². The highest BCUT2D eigenvalue weighted by molar-refractivity contribution is 5.36. The number of aryl methyl sites for hydroxylation is 1. The first-order chi connectivity index (χ1) is 7.20. The molecule has 1 unspecified atom stereocenters. The van der Waals surface area contributed by atoms with E-state index in [1.165, 1.54) is 5.56 Å². The maximum Gasteiger partial charge on any atom is 0.139 e. The number of rotatable bonds is 2. The molecule has 0 radical (unpaired) electrons. The van der Waals surface area contributed by atoms with Crippen LogP contribution >= 0.6 is 0 Å². The molecule has 2 N–H and O–H groups in total. The third kappa shape index (κ3) is 1.78. The van der Waals surface area contributed by atoms with Crippen LogP contribution in [0.1, 0.15) is 28.6 Å². The lowest BCUT2D eigenvalue weighted by Crippen LogP contribution is -2.04. The fourth-order valence-corrected chi connectivity index (χ4v) is 1.64. The van der Waals surface area contributed by atoms with E-state index in [1.54, 1.807) is 12.4 Å². The molecule has 15 heavy (non-hydrogen) atoms. The predicted molar refractivity (Wildman–Crippen MR) is 58.6 cm³/mol. The summed E-state index contributed by atoms with van der Waals surface area (Å²) in [7, 11) is 0. The number of benzene rings is 1. The zero-order chi connectivity index (χ0) is 10.8. The Balaban J connectivity index is 2.42. The molecule has 0 saturated carbocycles. The summed E-state index contributed by atoms with van der Waals surface area (Å²) in [5.74, 6) is 0.587. The number of H-pyrrole nitrogens is 1. The molecule has 2 aromatic rings. The topological polar surface area (TPSA) is 48.9 Å². The van der Waals surface area contributed by atoms with Crippen LogP contribution in [-0.4, -0.2) is 15.1 Å². The van der Waals surface area contributed by atoms with Gasteiger partial charge in [0.2, 0.25) is 0 Å². The monoisotopic (exact) mass is 202 g/mol. The smallest absolute Gasteiger partial charge is 0.139 e. The van der Waals surface area contributed by atoms with Gasteiger partial charge >= 0.3 is 0 Å². The number of imidazole rings is 1. The lowest BCUT2D eigenvalue weighted by atomic mass is 9.99. The fourth-order valence-electron chi connectivity index (χ4n) is 1.64. The van der Waals surface area contributed by atoms with Crippen LogP contribution in [-0.2, 0) is 0 Å². The Morgan fingerprint density at radius 1 is 1.33 bits per heavy atom. The molecule has 0 saturated heterocycles. The van der Waals surface area contributed by atoms with Crippen molar-refractivity contribution in [1.82, 2.24) is 9.97 Å². The van der Waals surface area contributed by atoms with E-state index in [1.807, 2.05) is 32.0 Å². The van der Waals surface area contributed by atoms with Crippen LogP contribution in [0.5, 0.6) is 0 Å². The molecule has 78 valence electrons. The third-order valence-corrected chi connectivity index (χ3v) is 2.72. The second-order valence-corrected chi connectivity index (χ2v) is 3.67. The Kier molecular flexibility index (Phi) is 2.56. The standard InChI is InChI=1S/C12H14N2O/c1-8-4-3-5-10(9(8)2)11(15)12-13-6-7-14-12/h3-7,11,15H,1-2H3,(H,13,14). The normalized spacial score (nSPS) is 12.7. The van der Waals surface area contributed by atoms with Crippen LogP contribution in [0, 0.1) is 13.8 Å². The van der Waals surface area contributed by atoms with Crippen molar-refractivity contribution in [2.75, 3.05) is 0 Å². The summed E-state index contributed by atoms with van der Waals surface area (Å²) in [5, 5.41) is 10.1. The molecule has 0 aliphatic heterocycles. The summed E-state index contributed by atoms with van der Waals surface area (Å²) in [6.07, 6.45) is 2.69. The summed E-state index contributed by atoms with van der Waals surface area (Å²) in [6.45, 7) is 4.05. The number of hydrogen-bond acceptors (Lipinski definition) is 2. The van der Waals surface area contributed by atoms with Gasteiger partial charge in [0.25, 0.3) is 0 Å². The molecule has 0 aliphatic carbocycles. The van der Waals surface area contributed by atoms with E-state index in [0.29, 0.717) is 5.82 Å². The second-order valence-electron chi connectivity index (χ2n) is 3.67. The maximum atomic E-state index is 10.1. The van der Waals surface area contributed by atoms with E-state index in [0.717, 1.165) is 11.1 Å². The van der Waals surface area contributed by atoms with Crippen LogP contribution in [0.25, 0.3) is 0 Å². The van der Waals surface area contributed by atoms with Gasteiger partial charge in [0.05, 0.1) is 0 Å². The Morgan fingerprint density at radius 3 is 2.80 bits per heavy atom. The number of aromatic amines is 1. The van der Waals surface area contributed by atoms with Gasteiger partial charge in [-0.05, 0) is 30.5 Å². The average molecular weight is 202 g/mol. The van der Waals surface area contributed by atoms with Crippen LogP contribution < -0.4 is 0 Å². The number of nitrogens with zero attached hydrogens (tertiary/aromatic N) is 1. The van der Waals surface area contributed by atoms with Crippen molar-refractivity contribution >= 4 is 0 Å². The van der Waals surface area contributed by atoms with Gasteiger partial charge in [0.15, 0.2) is 0 Å². The van der Waals surface area contributed by atoms with Gasteiger partial charge in [0.1, 0.15) is 11.9 Å². The first-order valence-corrected chi connectivity index (χ1v) is 4.93. The zero-order valence-electron chi connectivity index (χ0n) is 8.86. The summed E-state index contributed by atoms with van der Waals surface area (Å²) >= 11 is 0. The van der Waals surface area contributed by atoms with Crippen molar-refractivity contribution in [3.05, 3.63) is 53.1 Å². The van der Waals surface area contributed by atoms with Crippen molar-refractivity contribution in [1.29, 1.82) is 0 Å². The molecule has 2 rings (SSSR count). The predicted octanol–water partition coefficient (Wildman–Crippen LogP) is 2.11. The first kappa shape index (κ1) is 9.93. The van der Waals surface area contributed by atoms with Gasteiger partial charge in [0, 0.05) is 12.4 Å². The van der Waals surface area contributed by atoms with E-state index in [2.05, 4.69) is 9.97 Å². The zero-order valence-corrected chi connectivity index (χ0v) is 8.86. The van der Waals surface area contributed by atoms with Crippen LogP contribution in [0.2, 0.25) is 0 Å². The van der Waals surface area contributed by atoms with Crippen molar-refractivity contribution in [3.8, 4) is 0 Å². The molecule has 0 spiro atoms. The number of aromatic nitrogens is 2. The minimum Gasteiger partial charge on any atom is -0.380 e. The second kappa shape index (κ2) is 3.87. The maximum absolute atomic E-state index is 10.1. The molecule has 0 bridgehead atoms. The molecule has 0 aliphatic rings. The minimum atomic E-state index is -0.667. The third-order valence-electron chi connectivity index (χ3n) is 2.72. The fraction of sp³-hybridized carbons (Fsp3) is 0.250. The largest absolute Gasteiger partial charge is 0.380 e. The molecule has 0 fully saturated rings. The van der Waals surface area contributed by atoms with Gasteiger partial charge in [-0.2, -0.15) is 0 Å². The summed E-state index contributed by atoms with van der Waals surface area (Å²) in [6, 6.07) is 5.91. The Labute approximate surface area is 88.8 Å². The highest BCUT2D eigenvalue weighted by atomic mass is 16.3. The van der Waals surface area contributed by atoms with E-state index in [-0.39, 0.29) is 0 Å². The van der Waals surface area contributed by atoms with Crippen molar-refractivity contribution in [2.45, 2.75) is 20.0 Å². The Bertz CT molecular complexity index is 449. The number of nitrogens with one attached hydrogen (secondary N) is 1.